The maximum absolute atomic E-state index is 11.8. The van der Waals surface area contributed by atoms with E-state index in [0.717, 1.165) is 47.1 Å². The Bertz CT molecular complexity index is 929. The number of esters is 1. The summed E-state index contributed by atoms with van der Waals surface area (Å²) >= 11 is 3.58. The molecule has 0 unspecified atom stereocenters. The lowest BCUT2D eigenvalue weighted by molar-refractivity contribution is -0.140. The van der Waals surface area contributed by atoms with Crippen LogP contribution in [0.5, 0.6) is 0 Å². The van der Waals surface area contributed by atoms with E-state index in [1.165, 1.54) is 7.11 Å². The van der Waals surface area contributed by atoms with E-state index in [-0.39, 0.29) is 23.3 Å². The monoisotopic (exact) mass is 495 g/mol. The van der Waals surface area contributed by atoms with Gasteiger partial charge in [0, 0.05) is 31.2 Å². The molecule has 0 aromatic carbocycles. The summed E-state index contributed by atoms with van der Waals surface area (Å²) < 4.78 is 13.2. The van der Waals surface area contributed by atoms with Crippen molar-refractivity contribution >= 4 is 39.2 Å². The second-order valence-electron chi connectivity index (χ2n) is 9.91. The van der Waals surface area contributed by atoms with E-state index in [1.807, 2.05) is 6.20 Å². The normalized spacial score (nSPS) is 15.4. The molecule has 8 nitrogen and oxygen atoms in total. The second kappa shape index (κ2) is 9.32. The highest BCUT2D eigenvalue weighted by atomic mass is 79.9. The number of hydrogen-bond donors (Lipinski definition) is 1. The number of hydrogen-bond acceptors (Lipinski definition) is 7. The molecule has 0 atom stereocenters. The third-order valence-corrected chi connectivity index (χ3v) is 5.55. The van der Waals surface area contributed by atoms with E-state index in [4.69, 9.17) is 19.4 Å². The Morgan fingerprint density at radius 2 is 1.90 bits per heavy atom. The van der Waals surface area contributed by atoms with E-state index in [9.17, 15) is 4.79 Å². The molecule has 0 bridgehead atoms. The number of halogens is 1. The minimum absolute atomic E-state index is 0.157. The molecule has 0 radical (unpaired) electrons. The minimum atomic E-state index is -0.246. The van der Waals surface area contributed by atoms with Gasteiger partial charge in [-0.3, -0.25) is 9.20 Å². The first kappa shape index (κ1) is 23.8. The van der Waals surface area contributed by atoms with Crippen LogP contribution < -0.4 is 10.2 Å². The van der Waals surface area contributed by atoms with Crippen molar-refractivity contribution in [3.8, 4) is 0 Å². The molecule has 31 heavy (non-hydrogen) atoms. The van der Waals surface area contributed by atoms with Crippen LogP contribution in [0.4, 0.5) is 11.6 Å². The van der Waals surface area contributed by atoms with Crippen molar-refractivity contribution in [1.82, 2.24) is 14.4 Å². The molecule has 1 aliphatic heterocycles. The SMILES string of the molecule is COC(=O)CCc1nc2c(N3CCOCC3)nc(Br)cn2c1NC(C)(C)CC(C)(C)C. The fourth-order valence-electron chi connectivity index (χ4n) is 4.36. The highest BCUT2D eigenvalue weighted by Gasteiger charge is 2.29. The molecular weight excluding hydrogens is 462 g/mol. The predicted octanol–water partition coefficient (Wildman–Crippen LogP) is 4.06. The third-order valence-electron chi connectivity index (χ3n) is 5.16. The lowest BCUT2D eigenvalue weighted by atomic mass is 9.82. The lowest BCUT2D eigenvalue weighted by Gasteiger charge is -2.34. The summed E-state index contributed by atoms with van der Waals surface area (Å²) in [6, 6.07) is 0. The number of imidazole rings is 1. The minimum Gasteiger partial charge on any atom is -0.469 e. The highest BCUT2D eigenvalue weighted by Crippen LogP contribution is 2.34. The number of nitrogens with zero attached hydrogens (tertiary/aromatic N) is 4. The van der Waals surface area contributed by atoms with Gasteiger partial charge in [-0.2, -0.15) is 0 Å². The predicted molar refractivity (Wildman–Crippen MR) is 126 cm³/mol. The van der Waals surface area contributed by atoms with E-state index in [0.29, 0.717) is 19.6 Å². The molecule has 1 fully saturated rings. The molecule has 0 aliphatic carbocycles. The van der Waals surface area contributed by atoms with Crippen molar-refractivity contribution < 1.29 is 14.3 Å². The molecule has 0 amide bonds. The maximum atomic E-state index is 11.8. The number of aryl methyl sites for hydroxylation is 1. The first-order valence-corrected chi connectivity index (χ1v) is 11.5. The smallest absolute Gasteiger partial charge is 0.305 e. The molecule has 9 heteroatoms. The van der Waals surface area contributed by atoms with Crippen molar-refractivity contribution in [3.63, 3.8) is 0 Å². The number of aromatic nitrogens is 3. The largest absolute Gasteiger partial charge is 0.469 e. The van der Waals surface area contributed by atoms with Gasteiger partial charge in [0.05, 0.1) is 32.4 Å². The van der Waals surface area contributed by atoms with Crippen LogP contribution in [0.3, 0.4) is 0 Å². The second-order valence-corrected chi connectivity index (χ2v) is 10.7. The number of methoxy groups -OCH3 is 1. The standard InChI is InChI=1S/C22H34BrN5O3/c1-21(2,3)14-22(4,5)26-18-15(7-8-17(29)30-6)24-20-19(25-16(23)13-28(18)20)27-9-11-31-12-10-27/h13,26H,7-12,14H2,1-6H3. The summed E-state index contributed by atoms with van der Waals surface area (Å²) in [4.78, 5) is 23.7. The Morgan fingerprint density at radius 3 is 2.52 bits per heavy atom. The van der Waals surface area contributed by atoms with Crippen LogP contribution in [-0.2, 0) is 20.7 Å². The van der Waals surface area contributed by atoms with Crippen molar-refractivity contribution in [2.24, 2.45) is 5.41 Å². The first-order chi connectivity index (χ1) is 14.5. The molecule has 1 N–H and O–H groups in total. The zero-order valence-electron chi connectivity index (χ0n) is 19.4. The number of rotatable bonds is 7. The Morgan fingerprint density at radius 1 is 1.23 bits per heavy atom. The van der Waals surface area contributed by atoms with E-state index in [1.54, 1.807) is 0 Å². The Kier molecular flexibility index (Phi) is 7.15. The molecule has 1 saturated heterocycles. The summed E-state index contributed by atoms with van der Waals surface area (Å²) in [5, 5.41) is 3.72. The van der Waals surface area contributed by atoms with Gasteiger partial charge in [-0.05, 0) is 41.6 Å². The number of carbonyl (C=O) groups excluding carboxylic acids is 1. The summed E-state index contributed by atoms with van der Waals surface area (Å²) in [5.41, 5.74) is 1.59. The van der Waals surface area contributed by atoms with Crippen LogP contribution >= 0.6 is 15.9 Å². The molecule has 172 valence electrons. The Hall–Kier alpha value is -1.87. The van der Waals surface area contributed by atoms with Gasteiger partial charge in [0.15, 0.2) is 11.5 Å². The number of anilines is 2. The van der Waals surface area contributed by atoms with Gasteiger partial charge < -0.3 is 19.7 Å². The Labute approximate surface area is 192 Å². The number of nitrogens with one attached hydrogen (secondary N) is 1. The average molecular weight is 496 g/mol. The van der Waals surface area contributed by atoms with Crippen LogP contribution in [0.2, 0.25) is 0 Å². The van der Waals surface area contributed by atoms with Gasteiger partial charge >= 0.3 is 5.97 Å². The van der Waals surface area contributed by atoms with Gasteiger partial charge in [-0.25, -0.2) is 9.97 Å². The van der Waals surface area contributed by atoms with Gasteiger partial charge in [-0.1, -0.05) is 20.8 Å². The molecule has 3 heterocycles. The summed E-state index contributed by atoms with van der Waals surface area (Å²) in [6.45, 7) is 14.0. The van der Waals surface area contributed by atoms with Gasteiger partial charge in [0.1, 0.15) is 10.4 Å². The topological polar surface area (TPSA) is 81.0 Å². The zero-order chi connectivity index (χ0) is 22.8. The third kappa shape index (κ3) is 6.10. The number of morpholine rings is 1. The van der Waals surface area contributed by atoms with Crippen LogP contribution in [0.15, 0.2) is 10.8 Å². The van der Waals surface area contributed by atoms with Crippen LogP contribution in [-0.4, -0.2) is 59.3 Å². The molecule has 1 aliphatic rings. The van der Waals surface area contributed by atoms with E-state index >= 15 is 0 Å². The maximum Gasteiger partial charge on any atom is 0.305 e. The van der Waals surface area contributed by atoms with E-state index in [2.05, 4.69) is 65.2 Å². The van der Waals surface area contributed by atoms with Crippen molar-refractivity contribution in [2.75, 3.05) is 43.6 Å². The lowest BCUT2D eigenvalue weighted by Crippen LogP contribution is -2.37. The highest BCUT2D eigenvalue weighted by molar-refractivity contribution is 9.10. The summed E-state index contributed by atoms with van der Waals surface area (Å²) in [7, 11) is 1.41. The number of fused-ring (bicyclic) bond motifs is 1. The van der Waals surface area contributed by atoms with Crippen LogP contribution in [0, 0.1) is 5.41 Å². The zero-order valence-corrected chi connectivity index (χ0v) is 21.0. The van der Waals surface area contributed by atoms with Gasteiger partial charge in [-0.15, -0.1) is 0 Å². The number of carbonyl (C=O) groups is 1. The first-order valence-electron chi connectivity index (χ1n) is 10.7. The number of ether oxygens (including phenoxy) is 2. The average Bonchev–Trinajstić information content (AvgIpc) is 3.01. The molecule has 3 rings (SSSR count). The van der Waals surface area contributed by atoms with Crippen molar-refractivity contribution in [1.29, 1.82) is 0 Å². The molecule has 0 spiro atoms. The van der Waals surface area contributed by atoms with Crippen LogP contribution in [0.1, 0.15) is 53.2 Å². The fraction of sp³-hybridized carbons (Fsp3) is 0.682. The van der Waals surface area contributed by atoms with E-state index < -0.39 is 0 Å². The molecular formula is C22H34BrN5O3. The van der Waals surface area contributed by atoms with Gasteiger partial charge in [0.25, 0.3) is 0 Å². The van der Waals surface area contributed by atoms with Crippen LogP contribution in [0.25, 0.3) is 5.65 Å². The summed E-state index contributed by atoms with van der Waals surface area (Å²) in [5.74, 6) is 1.47. The fourth-order valence-corrected chi connectivity index (χ4v) is 4.73. The Balaban J connectivity index is 2.07. The molecule has 0 saturated carbocycles. The molecule has 2 aromatic heterocycles. The van der Waals surface area contributed by atoms with Crippen molar-refractivity contribution in [3.05, 3.63) is 16.5 Å². The summed E-state index contributed by atoms with van der Waals surface area (Å²) in [6.07, 6.45) is 3.66. The van der Waals surface area contributed by atoms with Gasteiger partial charge in [0.2, 0.25) is 0 Å². The molecule has 2 aromatic rings. The van der Waals surface area contributed by atoms with Crippen molar-refractivity contribution in [2.45, 2.75) is 59.4 Å². The quantitative estimate of drug-likeness (QED) is 0.579.